The van der Waals surface area contributed by atoms with E-state index in [0.29, 0.717) is 31.6 Å². The van der Waals surface area contributed by atoms with Gasteiger partial charge in [-0.2, -0.15) is 5.10 Å². The number of hydrogen-bond acceptors (Lipinski definition) is 7. The maximum atomic E-state index is 12.8. The lowest BCUT2D eigenvalue weighted by Gasteiger charge is -2.33. The number of carbonyl (C=O) groups is 3. The Morgan fingerprint density at radius 3 is 2.44 bits per heavy atom. The highest BCUT2D eigenvalue weighted by Gasteiger charge is 2.29. The van der Waals surface area contributed by atoms with Gasteiger partial charge in [-0.15, -0.1) is 0 Å². The maximum absolute atomic E-state index is 12.8. The van der Waals surface area contributed by atoms with Gasteiger partial charge in [-0.25, -0.2) is 9.31 Å². The number of aromatic amines is 1. The molecule has 2 aliphatic heterocycles. The third kappa shape index (κ3) is 6.23. The Kier molecular flexibility index (Phi) is 7.62. The number of amides is 3. The third-order valence-corrected chi connectivity index (χ3v) is 6.48. The van der Waals surface area contributed by atoms with Crippen LogP contribution in [-0.4, -0.2) is 80.6 Å². The molecule has 0 unspecified atom stereocenters. The number of ether oxygens (including phenoxy) is 1. The van der Waals surface area contributed by atoms with Crippen molar-refractivity contribution in [3.63, 3.8) is 0 Å². The van der Waals surface area contributed by atoms with Gasteiger partial charge < -0.3 is 14.6 Å². The maximum Gasteiger partial charge on any atom is 0.410 e. The molecule has 3 N–H and O–H groups in total. The number of nitrogens with zero attached hydrogens (tertiary/aromatic N) is 4. The summed E-state index contributed by atoms with van der Waals surface area (Å²) < 4.78 is 7.01. The zero-order chi connectivity index (χ0) is 25.9. The normalized spacial score (nSPS) is 17.7. The van der Waals surface area contributed by atoms with Crippen molar-refractivity contribution in [3.8, 4) is 0 Å². The number of likely N-dealkylation sites (tertiary alicyclic amines) is 2. The molecular formula is C24H35N7O5. The Morgan fingerprint density at radius 2 is 1.78 bits per heavy atom. The van der Waals surface area contributed by atoms with E-state index in [0.717, 1.165) is 25.9 Å². The van der Waals surface area contributed by atoms with Crippen molar-refractivity contribution in [1.82, 2.24) is 35.2 Å². The number of aromatic nitrogens is 3. The van der Waals surface area contributed by atoms with Crippen LogP contribution in [0.3, 0.4) is 0 Å². The monoisotopic (exact) mass is 501 g/mol. The van der Waals surface area contributed by atoms with Crippen LogP contribution in [0.25, 0.3) is 5.65 Å². The van der Waals surface area contributed by atoms with Crippen molar-refractivity contribution in [2.75, 3.05) is 32.7 Å². The molecule has 3 amide bonds. The standard InChI is InChI=1S/C24H35N7O5/c1-24(2,3)36-23(35)30-11-7-16(8-12-30)18-13-19(32)26-21-17(14-25-31(18)21)22(34)28-27-20(33)15-29-9-5-4-6-10-29/h13-14,16H,4-12,15H2,1-3H3,(H,26,32)(H,27,33)(H,28,34). The molecule has 0 saturated carbocycles. The summed E-state index contributed by atoms with van der Waals surface area (Å²) in [7, 11) is 0. The van der Waals surface area contributed by atoms with Gasteiger partial charge in [-0.05, 0) is 59.5 Å². The summed E-state index contributed by atoms with van der Waals surface area (Å²) in [5.41, 5.74) is 5.04. The number of hydrogen-bond donors (Lipinski definition) is 3. The molecule has 0 aromatic carbocycles. The van der Waals surface area contributed by atoms with Gasteiger partial charge in [0.15, 0.2) is 0 Å². The molecule has 2 aromatic rings. The summed E-state index contributed by atoms with van der Waals surface area (Å²) in [6.45, 7) is 8.43. The van der Waals surface area contributed by atoms with Crippen LogP contribution in [0.15, 0.2) is 17.1 Å². The van der Waals surface area contributed by atoms with Crippen LogP contribution in [0.1, 0.15) is 74.8 Å². The van der Waals surface area contributed by atoms with Crippen molar-refractivity contribution in [2.45, 2.75) is 64.4 Å². The van der Waals surface area contributed by atoms with Gasteiger partial charge in [0.1, 0.15) is 16.8 Å². The van der Waals surface area contributed by atoms with Crippen LogP contribution >= 0.6 is 0 Å². The average molecular weight is 502 g/mol. The van der Waals surface area contributed by atoms with Crippen LogP contribution in [0, 0.1) is 0 Å². The molecule has 12 nitrogen and oxygen atoms in total. The van der Waals surface area contributed by atoms with E-state index in [2.05, 4.69) is 25.8 Å². The molecular weight excluding hydrogens is 466 g/mol. The van der Waals surface area contributed by atoms with Crippen molar-refractivity contribution >= 4 is 23.6 Å². The summed E-state index contributed by atoms with van der Waals surface area (Å²) >= 11 is 0. The average Bonchev–Trinajstić information content (AvgIpc) is 3.25. The van der Waals surface area contributed by atoms with E-state index in [1.165, 1.54) is 18.7 Å². The van der Waals surface area contributed by atoms with Crippen molar-refractivity contribution < 1.29 is 19.1 Å². The van der Waals surface area contributed by atoms with Gasteiger partial charge >= 0.3 is 6.09 Å². The van der Waals surface area contributed by atoms with E-state index >= 15 is 0 Å². The van der Waals surface area contributed by atoms with E-state index < -0.39 is 11.5 Å². The number of carbonyl (C=O) groups excluding carboxylic acids is 3. The highest BCUT2D eigenvalue weighted by molar-refractivity contribution is 6.00. The van der Waals surface area contributed by atoms with E-state index in [1.807, 2.05) is 20.8 Å². The molecule has 2 aromatic heterocycles. The van der Waals surface area contributed by atoms with E-state index in [1.54, 1.807) is 9.42 Å². The summed E-state index contributed by atoms with van der Waals surface area (Å²) in [5, 5.41) is 4.34. The van der Waals surface area contributed by atoms with Gasteiger partial charge in [-0.1, -0.05) is 6.42 Å². The van der Waals surface area contributed by atoms with Crippen LogP contribution < -0.4 is 16.4 Å². The summed E-state index contributed by atoms with van der Waals surface area (Å²) in [5.74, 6) is -0.884. The SMILES string of the molecule is CC(C)(C)OC(=O)N1CCC(c2cc(=O)[nH]c3c(C(=O)NNC(=O)CN4CCCCC4)cnn23)CC1. The van der Waals surface area contributed by atoms with Gasteiger partial charge in [0.05, 0.1) is 18.4 Å². The van der Waals surface area contributed by atoms with Crippen LogP contribution in [-0.2, 0) is 9.53 Å². The predicted molar refractivity (Wildman–Crippen MR) is 131 cm³/mol. The molecule has 196 valence electrons. The predicted octanol–water partition coefficient (Wildman–Crippen LogP) is 1.38. The minimum absolute atomic E-state index is 0.0199. The summed E-state index contributed by atoms with van der Waals surface area (Å²) in [4.78, 5) is 56.2. The molecule has 12 heteroatoms. The molecule has 36 heavy (non-hydrogen) atoms. The van der Waals surface area contributed by atoms with Gasteiger partial charge in [0.2, 0.25) is 0 Å². The van der Waals surface area contributed by atoms with Crippen molar-refractivity contribution in [1.29, 1.82) is 0 Å². The van der Waals surface area contributed by atoms with Crippen molar-refractivity contribution in [3.05, 3.63) is 33.9 Å². The highest BCUT2D eigenvalue weighted by atomic mass is 16.6. The Hall–Kier alpha value is -3.41. The number of hydrazine groups is 1. The Balaban J connectivity index is 1.41. The van der Waals surface area contributed by atoms with Gasteiger partial charge in [-0.3, -0.25) is 30.1 Å². The molecule has 0 aliphatic carbocycles. The molecule has 0 spiro atoms. The lowest BCUT2D eigenvalue weighted by molar-refractivity contribution is -0.123. The fourth-order valence-electron chi connectivity index (χ4n) is 4.71. The molecule has 0 bridgehead atoms. The summed E-state index contributed by atoms with van der Waals surface area (Å²) in [6.07, 6.45) is 5.59. The molecule has 0 radical (unpaired) electrons. The van der Waals surface area contributed by atoms with Gasteiger partial charge in [0.25, 0.3) is 17.4 Å². The first kappa shape index (κ1) is 25.7. The molecule has 2 fully saturated rings. The first-order valence-electron chi connectivity index (χ1n) is 12.5. The number of rotatable bonds is 4. The first-order valence-corrected chi connectivity index (χ1v) is 12.5. The quantitative estimate of drug-likeness (QED) is 0.538. The van der Waals surface area contributed by atoms with Crippen molar-refractivity contribution in [2.24, 2.45) is 0 Å². The third-order valence-electron chi connectivity index (χ3n) is 6.48. The Bertz CT molecular complexity index is 1170. The zero-order valence-electron chi connectivity index (χ0n) is 21.1. The first-order chi connectivity index (χ1) is 17.1. The highest BCUT2D eigenvalue weighted by Crippen LogP contribution is 2.28. The number of fused-ring (bicyclic) bond motifs is 1. The van der Waals surface area contributed by atoms with Gasteiger partial charge in [0, 0.05) is 25.1 Å². The molecule has 2 aliphatic rings. The number of H-pyrrole nitrogens is 1. The largest absolute Gasteiger partial charge is 0.444 e. The molecule has 0 atom stereocenters. The minimum Gasteiger partial charge on any atom is -0.444 e. The van der Waals surface area contributed by atoms with E-state index in [-0.39, 0.29) is 41.2 Å². The lowest BCUT2D eigenvalue weighted by Crippen LogP contribution is -2.47. The minimum atomic E-state index is -0.565. The Labute approximate surface area is 209 Å². The fraction of sp³-hybridized carbons (Fsp3) is 0.625. The van der Waals surface area contributed by atoms with E-state index in [4.69, 9.17) is 4.74 Å². The summed E-state index contributed by atoms with van der Waals surface area (Å²) in [6, 6.07) is 1.48. The van der Waals surface area contributed by atoms with E-state index in [9.17, 15) is 19.2 Å². The number of nitrogens with one attached hydrogen (secondary N) is 3. The smallest absolute Gasteiger partial charge is 0.410 e. The topological polar surface area (TPSA) is 141 Å². The lowest BCUT2D eigenvalue weighted by atomic mass is 9.93. The second-order valence-electron chi connectivity index (χ2n) is 10.5. The van der Waals surface area contributed by atoms with Crippen LogP contribution in [0.4, 0.5) is 4.79 Å². The fourth-order valence-corrected chi connectivity index (χ4v) is 4.71. The molecule has 2 saturated heterocycles. The molecule has 4 heterocycles. The second kappa shape index (κ2) is 10.7. The second-order valence-corrected chi connectivity index (χ2v) is 10.5. The number of piperidine rings is 2. The van der Waals surface area contributed by atoms with Crippen LogP contribution in [0.5, 0.6) is 0 Å². The zero-order valence-corrected chi connectivity index (χ0v) is 21.1. The van der Waals surface area contributed by atoms with Crippen LogP contribution in [0.2, 0.25) is 0 Å². The Morgan fingerprint density at radius 1 is 1.08 bits per heavy atom. The molecule has 4 rings (SSSR count).